The Morgan fingerprint density at radius 3 is 2.80 bits per heavy atom. The molecule has 74 valence electrons. The molecule has 0 saturated heterocycles. The number of benzene rings is 1. The lowest BCUT2D eigenvalue weighted by Crippen LogP contribution is -1.75. The Hall–Kier alpha value is -2.16. The van der Waals surface area contributed by atoms with Crippen molar-refractivity contribution in [3.8, 4) is 11.1 Å². The van der Waals surface area contributed by atoms with E-state index in [1.165, 1.54) is 6.20 Å². The highest BCUT2D eigenvalue weighted by Gasteiger charge is 2.04. The molecule has 3 heteroatoms. The van der Waals surface area contributed by atoms with Gasteiger partial charge in [0.05, 0.1) is 0 Å². The first kappa shape index (κ1) is 8.17. The summed E-state index contributed by atoms with van der Waals surface area (Å²) in [5, 5.41) is 12.2. The van der Waals surface area contributed by atoms with Crippen molar-refractivity contribution in [2.24, 2.45) is 0 Å². The second kappa shape index (κ2) is 2.92. The van der Waals surface area contributed by atoms with Gasteiger partial charge in [-0.2, -0.15) is 0 Å². The van der Waals surface area contributed by atoms with Crippen molar-refractivity contribution >= 4 is 10.9 Å². The molecule has 3 rings (SSSR count). The number of nitrogens with one attached hydrogen (secondary N) is 1. The normalized spacial score (nSPS) is 10.9. The summed E-state index contributed by atoms with van der Waals surface area (Å²) < 4.78 is 0.817. The maximum absolute atomic E-state index is 11.0. The number of H-pyrrole nitrogens is 1. The van der Waals surface area contributed by atoms with Crippen molar-refractivity contribution in [3.05, 3.63) is 54.1 Å². The number of nitrogens with zero attached hydrogens (tertiary/aromatic N) is 1. The summed E-state index contributed by atoms with van der Waals surface area (Å²) in [6, 6.07) is 9.87. The molecule has 0 bridgehead atoms. The van der Waals surface area contributed by atoms with Gasteiger partial charge in [-0.3, -0.25) is 0 Å². The second-order valence-corrected chi connectivity index (χ2v) is 3.51. The van der Waals surface area contributed by atoms with Crippen LogP contribution in [-0.2, 0) is 0 Å². The van der Waals surface area contributed by atoms with Gasteiger partial charge < -0.3 is 14.9 Å². The highest BCUT2D eigenvalue weighted by Crippen LogP contribution is 2.28. The van der Waals surface area contributed by atoms with Gasteiger partial charge in [0, 0.05) is 34.4 Å². The van der Waals surface area contributed by atoms with Crippen LogP contribution in [0.15, 0.2) is 48.9 Å². The largest absolute Gasteiger partial charge is 0.806 e. The van der Waals surface area contributed by atoms with E-state index in [1.807, 2.05) is 36.5 Å². The molecule has 0 amide bonds. The van der Waals surface area contributed by atoms with Gasteiger partial charge in [-0.15, -0.1) is 0 Å². The van der Waals surface area contributed by atoms with E-state index in [2.05, 4.69) is 4.98 Å². The summed E-state index contributed by atoms with van der Waals surface area (Å²) in [7, 11) is 0. The number of para-hydroxylation sites is 1. The van der Waals surface area contributed by atoms with Gasteiger partial charge in [0.25, 0.3) is 0 Å². The van der Waals surface area contributed by atoms with Crippen LogP contribution in [0.4, 0.5) is 0 Å². The summed E-state index contributed by atoms with van der Waals surface area (Å²) in [6.45, 7) is 0. The minimum Gasteiger partial charge on any atom is -0.806 e. The smallest absolute Gasteiger partial charge is 0.0460 e. The zero-order valence-electron chi connectivity index (χ0n) is 7.97. The maximum atomic E-state index is 11.0. The van der Waals surface area contributed by atoms with E-state index in [-0.39, 0.29) is 0 Å². The van der Waals surface area contributed by atoms with Crippen LogP contribution in [0.1, 0.15) is 0 Å². The zero-order chi connectivity index (χ0) is 10.3. The van der Waals surface area contributed by atoms with Crippen LogP contribution >= 0.6 is 0 Å². The quantitative estimate of drug-likeness (QED) is 0.640. The molecule has 2 heterocycles. The summed E-state index contributed by atoms with van der Waals surface area (Å²) in [4.78, 5) is 3.18. The SMILES string of the molecule is [O-]n1ccc(-c2c[nH]c3ccccc23)c1. The first-order valence-corrected chi connectivity index (χ1v) is 4.76. The molecule has 0 aliphatic rings. The van der Waals surface area contributed by atoms with Gasteiger partial charge in [0.1, 0.15) is 0 Å². The van der Waals surface area contributed by atoms with Crippen LogP contribution < -0.4 is 0 Å². The average molecular weight is 197 g/mol. The Balaban J connectivity index is 2.27. The van der Waals surface area contributed by atoms with E-state index < -0.39 is 0 Å². The predicted molar refractivity (Wildman–Crippen MR) is 60.5 cm³/mol. The first-order valence-electron chi connectivity index (χ1n) is 4.76. The third-order valence-corrected chi connectivity index (χ3v) is 2.57. The number of hydrogen-bond donors (Lipinski definition) is 1. The first-order chi connectivity index (χ1) is 7.34. The molecule has 0 saturated carbocycles. The van der Waals surface area contributed by atoms with E-state index >= 15 is 0 Å². The Bertz CT molecular complexity index is 607. The van der Waals surface area contributed by atoms with E-state index in [9.17, 15) is 5.21 Å². The number of aromatic nitrogens is 2. The molecule has 0 spiro atoms. The van der Waals surface area contributed by atoms with E-state index in [4.69, 9.17) is 0 Å². The van der Waals surface area contributed by atoms with Crippen LogP contribution in [0.3, 0.4) is 0 Å². The molecule has 1 aromatic carbocycles. The summed E-state index contributed by atoms with van der Waals surface area (Å²) in [5.41, 5.74) is 3.11. The van der Waals surface area contributed by atoms with Gasteiger partial charge in [0.15, 0.2) is 0 Å². The molecule has 1 N–H and O–H groups in total. The fourth-order valence-electron chi connectivity index (χ4n) is 1.85. The maximum Gasteiger partial charge on any atom is 0.0460 e. The summed E-state index contributed by atoms with van der Waals surface area (Å²) in [5.74, 6) is 0. The van der Waals surface area contributed by atoms with Crippen LogP contribution in [0, 0.1) is 5.21 Å². The molecule has 15 heavy (non-hydrogen) atoms. The van der Waals surface area contributed by atoms with Crippen molar-refractivity contribution in [2.75, 3.05) is 0 Å². The third-order valence-electron chi connectivity index (χ3n) is 2.57. The molecule has 2 aromatic heterocycles. The predicted octanol–water partition coefficient (Wildman–Crippen LogP) is 2.98. The van der Waals surface area contributed by atoms with Gasteiger partial charge >= 0.3 is 0 Å². The van der Waals surface area contributed by atoms with Crippen LogP contribution in [-0.4, -0.2) is 9.71 Å². The van der Waals surface area contributed by atoms with E-state index in [0.29, 0.717) is 0 Å². The molecule has 0 aliphatic heterocycles. The lowest BCUT2D eigenvalue weighted by molar-refractivity contribution is 1.10. The molecule has 3 aromatic rings. The van der Waals surface area contributed by atoms with Crippen molar-refractivity contribution in [2.45, 2.75) is 0 Å². The summed E-state index contributed by atoms with van der Waals surface area (Å²) in [6.07, 6.45) is 5.02. The van der Waals surface area contributed by atoms with Crippen molar-refractivity contribution in [1.82, 2.24) is 9.71 Å². The fraction of sp³-hybridized carbons (Fsp3) is 0. The van der Waals surface area contributed by atoms with Crippen molar-refractivity contribution < 1.29 is 0 Å². The standard InChI is InChI=1S/C12H9N2O/c15-14-6-5-9(8-14)11-7-13-12-4-2-1-3-10(11)12/h1-8,13H/q-1. The lowest BCUT2D eigenvalue weighted by atomic mass is 10.1. The Morgan fingerprint density at radius 1 is 1.13 bits per heavy atom. The third kappa shape index (κ3) is 1.21. The Labute approximate surface area is 86.5 Å². The van der Waals surface area contributed by atoms with Crippen LogP contribution in [0.25, 0.3) is 22.0 Å². The highest BCUT2D eigenvalue weighted by atomic mass is 16.5. The molecule has 0 fully saturated rings. The minimum atomic E-state index is 0.817. The van der Waals surface area contributed by atoms with Crippen molar-refractivity contribution in [3.63, 3.8) is 0 Å². The fourth-order valence-corrected chi connectivity index (χ4v) is 1.85. The number of rotatable bonds is 1. The number of aromatic amines is 1. The van der Waals surface area contributed by atoms with Crippen LogP contribution in [0.5, 0.6) is 0 Å². The van der Waals surface area contributed by atoms with Gasteiger partial charge in [-0.25, -0.2) is 0 Å². The minimum absolute atomic E-state index is 0.817. The van der Waals surface area contributed by atoms with Gasteiger partial charge in [0.2, 0.25) is 0 Å². The molecule has 3 nitrogen and oxygen atoms in total. The molecular formula is C12H9N2O-. The van der Waals surface area contributed by atoms with E-state index in [0.717, 1.165) is 26.8 Å². The Kier molecular flexibility index (Phi) is 1.59. The lowest BCUT2D eigenvalue weighted by Gasteiger charge is -2.02. The molecule has 0 radical (unpaired) electrons. The number of fused-ring (bicyclic) bond motifs is 1. The van der Waals surface area contributed by atoms with Crippen molar-refractivity contribution in [1.29, 1.82) is 0 Å². The molecular weight excluding hydrogens is 188 g/mol. The summed E-state index contributed by atoms with van der Waals surface area (Å²) >= 11 is 0. The molecule has 0 atom stereocenters. The topological polar surface area (TPSA) is 43.8 Å². The molecule has 0 aliphatic carbocycles. The highest BCUT2D eigenvalue weighted by molar-refractivity contribution is 5.95. The number of hydrogen-bond acceptors (Lipinski definition) is 1. The van der Waals surface area contributed by atoms with Crippen LogP contribution in [0.2, 0.25) is 0 Å². The second-order valence-electron chi connectivity index (χ2n) is 3.51. The molecule has 0 unspecified atom stereocenters. The zero-order valence-corrected chi connectivity index (χ0v) is 7.97. The van der Waals surface area contributed by atoms with Gasteiger partial charge in [-0.1, -0.05) is 18.2 Å². The average Bonchev–Trinajstić information content (AvgIpc) is 2.83. The Morgan fingerprint density at radius 2 is 2.00 bits per heavy atom. The van der Waals surface area contributed by atoms with Gasteiger partial charge in [-0.05, 0) is 18.3 Å². The monoisotopic (exact) mass is 197 g/mol. The van der Waals surface area contributed by atoms with E-state index in [1.54, 1.807) is 6.20 Å².